The molecule has 0 aliphatic heterocycles. The molecular weight excluding hydrogens is 464 g/mol. The van der Waals surface area contributed by atoms with E-state index in [1.54, 1.807) is 11.3 Å². The Bertz CT molecular complexity index is 1630. The fourth-order valence-electron chi connectivity index (χ4n) is 4.67. The van der Waals surface area contributed by atoms with Gasteiger partial charge in [0.15, 0.2) is 0 Å². The van der Waals surface area contributed by atoms with Crippen LogP contribution in [0.15, 0.2) is 52.9 Å². The zero-order valence-corrected chi connectivity index (χ0v) is 20.3. The van der Waals surface area contributed by atoms with Crippen LogP contribution in [-0.2, 0) is 24.2 Å². The lowest BCUT2D eigenvalue weighted by Crippen LogP contribution is -2.27. The number of rotatable bonds is 4. The monoisotopic (exact) mass is 486 g/mol. The third-order valence-corrected chi connectivity index (χ3v) is 8.13. The molecule has 0 fully saturated rings. The fourth-order valence-corrected chi connectivity index (χ4v) is 6.44. The number of aryl methyl sites for hydroxylation is 3. The number of hydrogen-bond acceptors (Lipinski definition) is 6. The van der Waals surface area contributed by atoms with Crippen molar-refractivity contribution in [2.45, 2.75) is 39.2 Å². The van der Waals surface area contributed by atoms with Gasteiger partial charge in [-0.25, -0.2) is 9.97 Å². The van der Waals surface area contributed by atoms with E-state index in [0.29, 0.717) is 15.9 Å². The highest BCUT2D eigenvalue weighted by Crippen LogP contribution is 2.33. The summed E-state index contributed by atoms with van der Waals surface area (Å²) in [6.07, 6.45) is 6.12. The zero-order chi connectivity index (χ0) is 23.2. The number of anilines is 1. The van der Waals surface area contributed by atoms with E-state index < -0.39 is 0 Å². The van der Waals surface area contributed by atoms with Crippen molar-refractivity contribution in [2.75, 3.05) is 5.32 Å². The number of thiazole rings is 1. The summed E-state index contributed by atoms with van der Waals surface area (Å²) < 4.78 is 2.41. The molecule has 0 spiro atoms. The highest BCUT2D eigenvalue weighted by Gasteiger charge is 2.17. The van der Waals surface area contributed by atoms with Crippen LogP contribution in [0, 0.1) is 6.92 Å². The van der Waals surface area contributed by atoms with Crippen molar-refractivity contribution in [1.29, 1.82) is 0 Å². The minimum Gasteiger partial charge on any atom is -0.324 e. The minimum atomic E-state index is -0.269. The maximum absolute atomic E-state index is 13.4. The van der Waals surface area contributed by atoms with E-state index in [9.17, 15) is 9.59 Å². The van der Waals surface area contributed by atoms with E-state index in [-0.39, 0.29) is 18.0 Å². The molecule has 0 saturated heterocycles. The van der Waals surface area contributed by atoms with Gasteiger partial charge in [-0.05, 0) is 67.5 Å². The predicted molar refractivity (Wildman–Crippen MR) is 139 cm³/mol. The molecule has 0 bridgehead atoms. The molecule has 1 N–H and O–H groups in total. The molecule has 0 saturated carbocycles. The van der Waals surface area contributed by atoms with Crippen LogP contribution in [0.5, 0.6) is 0 Å². The number of nitrogens with zero attached hydrogens (tertiary/aromatic N) is 3. The molecule has 2 aromatic carbocycles. The lowest BCUT2D eigenvalue weighted by atomic mass is 9.89. The number of carbonyl (C=O) groups excluding carboxylic acids is 1. The molecule has 0 unspecified atom stereocenters. The van der Waals surface area contributed by atoms with Crippen molar-refractivity contribution in [3.63, 3.8) is 0 Å². The molecule has 1 aliphatic rings. The smallest absolute Gasteiger partial charge is 0.263 e. The van der Waals surface area contributed by atoms with Crippen LogP contribution in [0.3, 0.4) is 0 Å². The highest BCUT2D eigenvalue weighted by molar-refractivity contribution is 7.18. The number of carbonyl (C=O) groups is 1. The molecule has 3 heterocycles. The molecule has 0 atom stereocenters. The lowest BCUT2D eigenvalue weighted by Gasteiger charge is -2.16. The van der Waals surface area contributed by atoms with Crippen LogP contribution in [0.4, 0.5) is 5.69 Å². The average Bonchev–Trinajstić information content (AvgIpc) is 3.43. The summed E-state index contributed by atoms with van der Waals surface area (Å²) in [4.78, 5) is 35.8. The second kappa shape index (κ2) is 8.45. The van der Waals surface area contributed by atoms with E-state index >= 15 is 0 Å². The maximum atomic E-state index is 13.4. The topological polar surface area (TPSA) is 76.9 Å². The van der Waals surface area contributed by atoms with Crippen molar-refractivity contribution in [3.8, 4) is 11.1 Å². The molecular formula is C26H22N4O2S2. The van der Waals surface area contributed by atoms with Crippen molar-refractivity contribution in [3.05, 3.63) is 74.6 Å². The molecule has 34 heavy (non-hydrogen) atoms. The van der Waals surface area contributed by atoms with Gasteiger partial charge in [0.25, 0.3) is 5.56 Å². The van der Waals surface area contributed by atoms with Crippen LogP contribution < -0.4 is 10.9 Å². The van der Waals surface area contributed by atoms with Gasteiger partial charge < -0.3 is 5.32 Å². The first kappa shape index (κ1) is 21.2. The van der Waals surface area contributed by atoms with E-state index in [1.807, 2.05) is 30.5 Å². The van der Waals surface area contributed by atoms with Crippen LogP contribution in [0.2, 0.25) is 0 Å². The Labute approximate surface area is 203 Å². The molecule has 0 radical (unpaired) electrons. The van der Waals surface area contributed by atoms with Crippen molar-refractivity contribution >= 4 is 54.7 Å². The summed E-state index contributed by atoms with van der Waals surface area (Å²) >= 11 is 3.05. The number of fused-ring (bicyclic) bond motifs is 3. The van der Waals surface area contributed by atoms with Crippen molar-refractivity contribution in [1.82, 2.24) is 14.5 Å². The van der Waals surface area contributed by atoms with Crippen molar-refractivity contribution < 1.29 is 4.79 Å². The van der Waals surface area contributed by atoms with Crippen molar-refractivity contribution in [2.24, 2.45) is 0 Å². The first-order chi connectivity index (χ1) is 16.5. The number of thiophene rings is 1. The van der Waals surface area contributed by atoms with Gasteiger partial charge in [0.05, 0.1) is 26.9 Å². The second-order valence-corrected chi connectivity index (χ2v) is 10.8. The third-order valence-electron chi connectivity index (χ3n) is 6.31. The van der Waals surface area contributed by atoms with Gasteiger partial charge in [-0.2, -0.15) is 0 Å². The minimum absolute atomic E-state index is 0.0962. The van der Waals surface area contributed by atoms with E-state index in [0.717, 1.165) is 39.2 Å². The Kier molecular flexibility index (Phi) is 5.27. The number of hydrogen-bond donors (Lipinski definition) is 1. The fraction of sp³-hybridized carbons (Fsp3) is 0.231. The summed E-state index contributed by atoms with van der Waals surface area (Å²) in [5, 5.41) is 6.46. The van der Waals surface area contributed by atoms with Crippen LogP contribution in [0.25, 0.3) is 31.6 Å². The number of nitrogens with one attached hydrogen (secondary N) is 1. The van der Waals surface area contributed by atoms with Gasteiger partial charge in [0.2, 0.25) is 5.91 Å². The van der Waals surface area contributed by atoms with Gasteiger partial charge in [-0.1, -0.05) is 18.2 Å². The Hall–Kier alpha value is -3.36. The molecule has 170 valence electrons. The normalized spacial score (nSPS) is 13.3. The molecule has 1 aliphatic carbocycles. The summed E-state index contributed by atoms with van der Waals surface area (Å²) in [6, 6.07) is 12.1. The van der Waals surface area contributed by atoms with E-state index in [1.165, 1.54) is 46.2 Å². The Morgan fingerprint density at radius 3 is 2.85 bits per heavy atom. The van der Waals surface area contributed by atoms with Gasteiger partial charge >= 0.3 is 0 Å². The lowest BCUT2D eigenvalue weighted by molar-refractivity contribution is -0.116. The summed E-state index contributed by atoms with van der Waals surface area (Å²) in [7, 11) is 0. The molecule has 3 aromatic heterocycles. The number of aromatic nitrogens is 3. The van der Waals surface area contributed by atoms with E-state index in [4.69, 9.17) is 0 Å². The Morgan fingerprint density at radius 2 is 1.97 bits per heavy atom. The van der Waals surface area contributed by atoms with Crippen LogP contribution >= 0.6 is 22.7 Å². The largest absolute Gasteiger partial charge is 0.324 e. The molecule has 8 heteroatoms. The highest BCUT2D eigenvalue weighted by atomic mass is 32.1. The summed E-state index contributed by atoms with van der Waals surface area (Å²) in [5.41, 5.74) is 6.13. The standard InChI is InChI=1S/C26H22N4O2S2/c1-15-28-21-9-8-19(11-22(21)34-15)29-23(31)12-30-14-27-25-24(26(30)32)20(13-33-25)18-7-6-16-4-2-3-5-17(16)10-18/h6-11,13-14H,2-5,12H2,1H3,(H,29,31). The van der Waals surface area contributed by atoms with Gasteiger partial charge in [0, 0.05) is 16.6 Å². The Morgan fingerprint density at radius 1 is 1.12 bits per heavy atom. The number of benzene rings is 2. The SMILES string of the molecule is Cc1nc2ccc(NC(=O)Cn3cnc4scc(-c5ccc6c(c5)CCCC6)c4c3=O)cc2s1. The quantitative estimate of drug-likeness (QED) is 0.361. The first-order valence-electron chi connectivity index (χ1n) is 11.3. The second-order valence-electron chi connectivity index (χ2n) is 8.66. The van der Waals surface area contributed by atoms with Crippen LogP contribution in [-0.4, -0.2) is 20.4 Å². The average molecular weight is 487 g/mol. The number of amides is 1. The van der Waals surface area contributed by atoms with E-state index in [2.05, 4.69) is 33.5 Å². The van der Waals surface area contributed by atoms with Gasteiger partial charge in [-0.3, -0.25) is 14.2 Å². The molecule has 5 aromatic rings. The molecule has 1 amide bonds. The first-order valence-corrected chi connectivity index (χ1v) is 13.0. The van der Waals surface area contributed by atoms with Gasteiger partial charge in [0.1, 0.15) is 11.4 Å². The molecule has 6 rings (SSSR count). The maximum Gasteiger partial charge on any atom is 0.263 e. The third kappa shape index (κ3) is 3.82. The predicted octanol–water partition coefficient (Wildman–Crippen LogP) is 5.56. The zero-order valence-electron chi connectivity index (χ0n) is 18.6. The van der Waals surface area contributed by atoms with Gasteiger partial charge in [-0.15, -0.1) is 22.7 Å². The van der Waals surface area contributed by atoms with Crippen LogP contribution in [0.1, 0.15) is 29.0 Å². The molecule has 6 nitrogen and oxygen atoms in total. The Balaban J connectivity index is 1.29. The summed E-state index contributed by atoms with van der Waals surface area (Å²) in [5.74, 6) is -0.269. The summed E-state index contributed by atoms with van der Waals surface area (Å²) in [6.45, 7) is 1.86.